The smallest absolute Gasteiger partial charge is 0.191 e. The van der Waals surface area contributed by atoms with E-state index in [2.05, 4.69) is 34.6 Å². The second-order valence-corrected chi connectivity index (χ2v) is 5.01. The van der Waals surface area contributed by atoms with Gasteiger partial charge in [0.05, 0.1) is 0 Å². The molecule has 0 amide bonds. The van der Waals surface area contributed by atoms with Gasteiger partial charge in [0, 0.05) is 12.6 Å². The van der Waals surface area contributed by atoms with Gasteiger partial charge in [0.25, 0.3) is 0 Å². The molecule has 0 bridgehead atoms. The molecule has 0 aliphatic rings. The van der Waals surface area contributed by atoms with E-state index < -0.39 is 0 Å². The highest BCUT2D eigenvalue weighted by Gasteiger charge is 2.02. The van der Waals surface area contributed by atoms with Gasteiger partial charge in [-0.2, -0.15) is 0 Å². The molecule has 5 nitrogen and oxygen atoms in total. The van der Waals surface area contributed by atoms with E-state index in [0.29, 0.717) is 11.0 Å². The summed E-state index contributed by atoms with van der Waals surface area (Å²) in [5.41, 5.74) is 2.55. The summed E-state index contributed by atoms with van der Waals surface area (Å²) < 4.78 is 0. The van der Waals surface area contributed by atoms with Crippen LogP contribution in [-0.4, -0.2) is 22.8 Å². The second kappa shape index (κ2) is 7.34. The zero-order valence-corrected chi connectivity index (χ0v) is 11.5. The number of nitrogens with two attached hydrogens (primary N) is 1. The second-order valence-electron chi connectivity index (χ2n) is 4.23. The molecule has 1 heterocycles. The van der Waals surface area contributed by atoms with Gasteiger partial charge in [-0.05, 0) is 25.0 Å². The fourth-order valence-electron chi connectivity index (χ4n) is 1.41. The molecule has 0 aliphatic carbocycles. The lowest BCUT2D eigenvalue weighted by Crippen LogP contribution is -2.11. The molecule has 0 aliphatic heterocycles. The molecule has 0 atom stereocenters. The molecule has 0 saturated heterocycles. The summed E-state index contributed by atoms with van der Waals surface area (Å²) in [4.78, 5) is 8.56. The Kier molecular flexibility index (Phi) is 6.07. The quantitative estimate of drug-likeness (QED) is 0.228. The molecule has 0 aromatic carbocycles. The van der Waals surface area contributed by atoms with Crippen LogP contribution in [0.5, 0.6) is 0 Å². The highest BCUT2D eigenvalue weighted by molar-refractivity contribution is 7.98. The minimum Gasteiger partial charge on any atom is -0.370 e. The number of nitrogens with one attached hydrogen (secondary N) is 2. The molecule has 4 N–H and O–H groups in total. The van der Waals surface area contributed by atoms with Gasteiger partial charge in [0.2, 0.25) is 0 Å². The van der Waals surface area contributed by atoms with Crippen molar-refractivity contribution >= 4 is 23.4 Å². The number of anilines is 2. The summed E-state index contributed by atoms with van der Waals surface area (Å²) in [7, 11) is 0. The van der Waals surface area contributed by atoms with Crippen LogP contribution >= 0.6 is 11.8 Å². The van der Waals surface area contributed by atoms with Gasteiger partial charge in [-0.15, -0.1) is 0 Å². The van der Waals surface area contributed by atoms with Gasteiger partial charge in [0.15, 0.2) is 5.16 Å². The number of thioether (sulfide) groups is 1. The summed E-state index contributed by atoms with van der Waals surface area (Å²) in [6.07, 6.45) is 4.30. The molecule has 1 aromatic heterocycles. The van der Waals surface area contributed by atoms with Crippen LogP contribution in [0.4, 0.5) is 11.6 Å². The van der Waals surface area contributed by atoms with Crippen LogP contribution in [0, 0.1) is 5.92 Å². The van der Waals surface area contributed by atoms with E-state index in [1.165, 1.54) is 18.2 Å². The molecular weight excluding hydrogens is 234 g/mol. The lowest BCUT2D eigenvalue weighted by Gasteiger charge is -2.09. The van der Waals surface area contributed by atoms with Crippen LogP contribution in [0.2, 0.25) is 0 Å². The topological polar surface area (TPSA) is 75.9 Å². The average molecular weight is 255 g/mol. The Balaban J connectivity index is 2.51. The van der Waals surface area contributed by atoms with Gasteiger partial charge < -0.3 is 10.7 Å². The minimum atomic E-state index is 0.635. The van der Waals surface area contributed by atoms with Gasteiger partial charge in [0.1, 0.15) is 11.6 Å². The largest absolute Gasteiger partial charge is 0.370 e. The first-order valence-corrected chi connectivity index (χ1v) is 7.01. The van der Waals surface area contributed by atoms with E-state index in [1.54, 1.807) is 0 Å². The van der Waals surface area contributed by atoms with Gasteiger partial charge >= 0.3 is 0 Å². The fourth-order valence-corrected chi connectivity index (χ4v) is 1.79. The van der Waals surface area contributed by atoms with Crippen molar-refractivity contribution in [1.29, 1.82) is 0 Å². The molecule has 0 radical (unpaired) electrons. The Morgan fingerprint density at radius 3 is 2.65 bits per heavy atom. The third kappa shape index (κ3) is 5.23. The molecular formula is C11H21N5S. The zero-order valence-electron chi connectivity index (χ0n) is 10.7. The lowest BCUT2D eigenvalue weighted by molar-refractivity contribution is 0.566. The van der Waals surface area contributed by atoms with E-state index in [9.17, 15) is 0 Å². The summed E-state index contributed by atoms with van der Waals surface area (Å²) in [5, 5.41) is 4.00. The van der Waals surface area contributed by atoms with E-state index in [1.807, 2.05) is 12.3 Å². The SMILES string of the molecule is CSc1nc(NN)cc(NCCCC(C)C)n1. The summed E-state index contributed by atoms with van der Waals surface area (Å²) >= 11 is 1.50. The van der Waals surface area contributed by atoms with Crippen LogP contribution in [0.1, 0.15) is 26.7 Å². The van der Waals surface area contributed by atoms with Crippen molar-refractivity contribution in [1.82, 2.24) is 9.97 Å². The highest BCUT2D eigenvalue weighted by Crippen LogP contribution is 2.16. The Bertz CT molecular complexity index is 320. The lowest BCUT2D eigenvalue weighted by atomic mass is 10.1. The van der Waals surface area contributed by atoms with Gasteiger partial charge in [-0.3, -0.25) is 0 Å². The molecule has 1 rings (SSSR count). The fraction of sp³-hybridized carbons (Fsp3) is 0.636. The normalized spacial score (nSPS) is 10.6. The number of nitrogens with zero attached hydrogens (tertiary/aromatic N) is 2. The van der Waals surface area contributed by atoms with Crippen molar-refractivity contribution < 1.29 is 0 Å². The van der Waals surface area contributed by atoms with Crippen molar-refractivity contribution in [2.45, 2.75) is 31.8 Å². The molecule has 96 valence electrons. The third-order valence-electron chi connectivity index (χ3n) is 2.30. The first kappa shape index (κ1) is 14.1. The average Bonchev–Trinajstić information content (AvgIpc) is 2.34. The maximum absolute atomic E-state index is 5.36. The number of hydrogen-bond donors (Lipinski definition) is 3. The van der Waals surface area contributed by atoms with E-state index in [4.69, 9.17) is 5.84 Å². The Labute approximate surface area is 107 Å². The molecule has 0 saturated carbocycles. The molecule has 1 aromatic rings. The van der Waals surface area contributed by atoms with Crippen molar-refractivity contribution in [3.8, 4) is 0 Å². The molecule has 0 unspecified atom stereocenters. The molecule has 0 fully saturated rings. The number of rotatable bonds is 7. The van der Waals surface area contributed by atoms with Gasteiger partial charge in [-0.25, -0.2) is 15.8 Å². The van der Waals surface area contributed by atoms with E-state index in [-0.39, 0.29) is 0 Å². The monoisotopic (exact) mass is 255 g/mol. The standard InChI is InChI=1S/C11H21N5S/c1-8(2)5-4-6-13-9-7-10(16-12)15-11(14-9)17-3/h7-8H,4-6,12H2,1-3H3,(H2,13,14,15,16). The molecule has 6 heteroatoms. The van der Waals surface area contributed by atoms with Crippen molar-refractivity contribution in [3.63, 3.8) is 0 Å². The Hall–Kier alpha value is -1.01. The number of hydrazine groups is 1. The molecule has 0 spiro atoms. The van der Waals surface area contributed by atoms with E-state index in [0.717, 1.165) is 24.7 Å². The maximum atomic E-state index is 5.36. The van der Waals surface area contributed by atoms with Crippen LogP contribution in [0.25, 0.3) is 0 Å². The first-order chi connectivity index (χ1) is 8.15. The maximum Gasteiger partial charge on any atom is 0.191 e. The summed E-state index contributed by atoms with van der Waals surface area (Å²) in [5.74, 6) is 7.56. The predicted molar refractivity (Wildman–Crippen MR) is 74.2 cm³/mol. The Morgan fingerprint density at radius 1 is 1.35 bits per heavy atom. The predicted octanol–water partition coefficient (Wildman–Crippen LogP) is 2.33. The van der Waals surface area contributed by atoms with Crippen LogP contribution in [0.15, 0.2) is 11.2 Å². The number of nitrogen functional groups attached to an aromatic ring is 1. The third-order valence-corrected chi connectivity index (χ3v) is 2.85. The minimum absolute atomic E-state index is 0.635. The zero-order chi connectivity index (χ0) is 12.7. The van der Waals surface area contributed by atoms with Crippen LogP contribution < -0.4 is 16.6 Å². The van der Waals surface area contributed by atoms with Crippen LogP contribution in [-0.2, 0) is 0 Å². The molecule has 17 heavy (non-hydrogen) atoms. The van der Waals surface area contributed by atoms with E-state index >= 15 is 0 Å². The number of aromatic nitrogens is 2. The Morgan fingerprint density at radius 2 is 2.06 bits per heavy atom. The van der Waals surface area contributed by atoms with Crippen molar-refractivity contribution in [2.75, 3.05) is 23.5 Å². The summed E-state index contributed by atoms with van der Waals surface area (Å²) in [6.45, 7) is 5.38. The van der Waals surface area contributed by atoms with Gasteiger partial charge in [-0.1, -0.05) is 25.6 Å². The van der Waals surface area contributed by atoms with Crippen molar-refractivity contribution in [3.05, 3.63) is 6.07 Å². The van der Waals surface area contributed by atoms with Crippen LogP contribution in [0.3, 0.4) is 0 Å². The number of hydrogen-bond acceptors (Lipinski definition) is 6. The summed E-state index contributed by atoms with van der Waals surface area (Å²) in [6, 6.07) is 1.81. The van der Waals surface area contributed by atoms with Crippen molar-refractivity contribution in [2.24, 2.45) is 11.8 Å². The highest BCUT2D eigenvalue weighted by atomic mass is 32.2. The first-order valence-electron chi connectivity index (χ1n) is 5.79.